The van der Waals surface area contributed by atoms with Crippen LogP contribution in [0.15, 0.2) is 42.5 Å². The van der Waals surface area contributed by atoms with Crippen LogP contribution in [0.25, 0.3) is 0 Å². The van der Waals surface area contributed by atoms with E-state index in [1.807, 2.05) is 0 Å². The molecule has 0 aliphatic carbocycles. The van der Waals surface area contributed by atoms with Crippen molar-refractivity contribution in [1.82, 2.24) is 4.90 Å². The van der Waals surface area contributed by atoms with E-state index in [9.17, 15) is 18.0 Å². The van der Waals surface area contributed by atoms with Crippen LogP contribution in [-0.2, 0) is 11.3 Å². The summed E-state index contributed by atoms with van der Waals surface area (Å²) in [6, 6.07) is 9.83. The van der Waals surface area contributed by atoms with Crippen molar-refractivity contribution < 1.29 is 32.2 Å². The summed E-state index contributed by atoms with van der Waals surface area (Å²) in [5.41, 5.74) is 0.678. The van der Waals surface area contributed by atoms with Crippen LogP contribution in [0.4, 0.5) is 13.2 Å². The molecular weight excluding hydrogens is 363 g/mol. The Morgan fingerprint density at radius 3 is 2.41 bits per heavy atom. The monoisotopic (exact) mass is 383 g/mol. The van der Waals surface area contributed by atoms with Crippen molar-refractivity contribution in [1.29, 1.82) is 0 Å². The van der Waals surface area contributed by atoms with E-state index in [1.54, 1.807) is 26.1 Å². The van der Waals surface area contributed by atoms with Crippen molar-refractivity contribution in [2.75, 3.05) is 20.3 Å². The number of amides is 1. The number of carbonyl (C=O) groups excluding carboxylic acids is 1. The van der Waals surface area contributed by atoms with Crippen molar-refractivity contribution in [2.24, 2.45) is 0 Å². The third-order valence-corrected chi connectivity index (χ3v) is 3.55. The third-order valence-electron chi connectivity index (χ3n) is 3.55. The quantitative estimate of drug-likeness (QED) is 0.660. The number of nitrogens with zero attached hydrogens (tertiary/aromatic N) is 1. The molecule has 0 aromatic heterocycles. The Balaban J connectivity index is 1.96. The highest BCUT2D eigenvalue weighted by atomic mass is 19.3. The number of benzene rings is 2. The van der Waals surface area contributed by atoms with Gasteiger partial charge in [0.15, 0.2) is 18.1 Å². The van der Waals surface area contributed by atoms with Crippen LogP contribution in [0.2, 0.25) is 0 Å². The van der Waals surface area contributed by atoms with Gasteiger partial charge in [0.1, 0.15) is 11.6 Å². The molecule has 0 fully saturated rings. The molecule has 27 heavy (non-hydrogen) atoms. The SMILES string of the molecule is CCOc1cc(CN(C)C(=O)COc2ccc(F)cc2)ccc1OC(F)F. The predicted molar refractivity (Wildman–Crippen MR) is 92.6 cm³/mol. The lowest BCUT2D eigenvalue weighted by molar-refractivity contribution is -0.132. The van der Waals surface area contributed by atoms with E-state index in [0.29, 0.717) is 11.3 Å². The average molecular weight is 383 g/mol. The number of hydrogen-bond acceptors (Lipinski definition) is 4. The van der Waals surface area contributed by atoms with Gasteiger partial charge in [0, 0.05) is 13.6 Å². The Labute approximate surface area is 155 Å². The van der Waals surface area contributed by atoms with Gasteiger partial charge in [-0.25, -0.2) is 4.39 Å². The molecule has 1 amide bonds. The molecular formula is C19H20F3NO4. The van der Waals surface area contributed by atoms with Crippen molar-refractivity contribution in [3.8, 4) is 17.2 Å². The fourth-order valence-corrected chi connectivity index (χ4v) is 2.26. The van der Waals surface area contributed by atoms with Gasteiger partial charge in [-0.15, -0.1) is 0 Å². The summed E-state index contributed by atoms with van der Waals surface area (Å²) in [6.07, 6.45) is 0. The molecule has 0 saturated heterocycles. The smallest absolute Gasteiger partial charge is 0.387 e. The molecule has 8 heteroatoms. The summed E-state index contributed by atoms with van der Waals surface area (Å²) in [5.74, 6) is -0.200. The molecule has 0 atom stereocenters. The molecule has 5 nitrogen and oxygen atoms in total. The number of alkyl halides is 2. The second kappa shape index (κ2) is 9.70. The van der Waals surface area contributed by atoms with Crippen LogP contribution >= 0.6 is 0 Å². The van der Waals surface area contributed by atoms with Crippen molar-refractivity contribution in [3.63, 3.8) is 0 Å². The molecule has 0 saturated carbocycles. The van der Waals surface area contributed by atoms with E-state index in [2.05, 4.69) is 4.74 Å². The van der Waals surface area contributed by atoms with Crippen molar-refractivity contribution in [3.05, 3.63) is 53.8 Å². The maximum Gasteiger partial charge on any atom is 0.387 e. The zero-order valence-corrected chi connectivity index (χ0v) is 15.0. The van der Waals surface area contributed by atoms with Gasteiger partial charge in [-0.1, -0.05) is 6.07 Å². The van der Waals surface area contributed by atoms with Gasteiger partial charge in [-0.2, -0.15) is 8.78 Å². The van der Waals surface area contributed by atoms with Crippen LogP contribution < -0.4 is 14.2 Å². The van der Waals surface area contributed by atoms with Gasteiger partial charge in [0.2, 0.25) is 0 Å². The summed E-state index contributed by atoms with van der Waals surface area (Å²) in [5, 5.41) is 0. The molecule has 0 unspecified atom stereocenters. The average Bonchev–Trinajstić information content (AvgIpc) is 2.63. The first-order chi connectivity index (χ1) is 12.9. The number of likely N-dealkylation sites (N-methyl/N-ethyl adjacent to an activating group) is 1. The maximum atomic E-state index is 12.9. The first-order valence-corrected chi connectivity index (χ1v) is 8.22. The van der Waals surface area contributed by atoms with Gasteiger partial charge in [0.05, 0.1) is 6.61 Å². The number of rotatable bonds is 9. The summed E-state index contributed by atoms with van der Waals surface area (Å²) in [6.45, 7) is -0.943. The van der Waals surface area contributed by atoms with E-state index in [4.69, 9.17) is 9.47 Å². The molecule has 2 rings (SSSR count). The molecule has 2 aromatic carbocycles. The first kappa shape index (κ1) is 20.4. The molecule has 0 bridgehead atoms. The minimum Gasteiger partial charge on any atom is -0.490 e. The fourth-order valence-electron chi connectivity index (χ4n) is 2.26. The molecule has 146 valence electrons. The Morgan fingerprint density at radius 1 is 1.07 bits per heavy atom. The zero-order valence-electron chi connectivity index (χ0n) is 15.0. The highest BCUT2D eigenvalue weighted by Gasteiger charge is 2.14. The number of ether oxygens (including phenoxy) is 3. The van der Waals surface area contributed by atoms with Crippen LogP contribution in [0.1, 0.15) is 12.5 Å². The summed E-state index contributed by atoms with van der Waals surface area (Å²) in [7, 11) is 1.58. The van der Waals surface area contributed by atoms with E-state index in [0.717, 1.165) is 0 Å². The Morgan fingerprint density at radius 2 is 1.78 bits per heavy atom. The van der Waals surface area contributed by atoms with Gasteiger partial charge >= 0.3 is 6.61 Å². The summed E-state index contributed by atoms with van der Waals surface area (Å²) in [4.78, 5) is 13.6. The minimum absolute atomic E-state index is 0.0655. The van der Waals surface area contributed by atoms with E-state index < -0.39 is 12.4 Å². The normalized spacial score (nSPS) is 10.6. The predicted octanol–water partition coefficient (Wildman–Crippen LogP) is 3.86. The minimum atomic E-state index is -2.96. The lowest BCUT2D eigenvalue weighted by Crippen LogP contribution is -2.31. The van der Waals surface area contributed by atoms with E-state index in [-0.39, 0.29) is 37.2 Å². The molecule has 0 aliphatic rings. The third kappa shape index (κ3) is 6.40. The number of carbonyl (C=O) groups is 1. The summed E-state index contributed by atoms with van der Waals surface area (Å²) < 4.78 is 52.8. The number of hydrogen-bond donors (Lipinski definition) is 0. The molecule has 0 aliphatic heterocycles. The van der Waals surface area contributed by atoms with Gasteiger partial charge in [-0.05, 0) is 48.9 Å². The van der Waals surface area contributed by atoms with Gasteiger partial charge in [-0.3, -0.25) is 4.79 Å². The first-order valence-electron chi connectivity index (χ1n) is 8.22. The Bertz CT molecular complexity index is 753. The zero-order chi connectivity index (χ0) is 19.8. The van der Waals surface area contributed by atoms with Crippen molar-refractivity contribution >= 4 is 5.91 Å². The van der Waals surface area contributed by atoms with Crippen molar-refractivity contribution in [2.45, 2.75) is 20.1 Å². The molecule has 0 radical (unpaired) electrons. The number of halogens is 3. The topological polar surface area (TPSA) is 48.0 Å². The fraction of sp³-hybridized carbons (Fsp3) is 0.316. The van der Waals surface area contributed by atoms with E-state index in [1.165, 1.54) is 35.2 Å². The van der Waals surface area contributed by atoms with Crippen LogP contribution in [0.5, 0.6) is 17.2 Å². The van der Waals surface area contributed by atoms with Crippen LogP contribution in [-0.4, -0.2) is 37.7 Å². The van der Waals surface area contributed by atoms with Crippen LogP contribution in [0, 0.1) is 5.82 Å². The largest absolute Gasteiger partial charge is 0.490 e. The molecule has 0 heterocycles. The Kier molecular flexibility index (Phi) is 7.34. The highest BCUT2D eigenvalue weighted by molar-refractivity contribution is 5.77. The standard InChI is InChI=1S/C19H20F3NO4/c1-3-25-17-10-13(4-9-16(17)27-19(21)22)11-23(2)18(24)12-26-15-7-5-14(20)6-8-15/h4-10,19H,3,11-12H2,1-2H3. The Hall–Kier alpha value is -2.90. The van der Waals surface area contributed by atoms with Gasteiger partial charge < -0.3 is 19.1 Å². The second-order valence-corrected chi connectivity index (χ2v) is 5.59. The molecule has 0 spiro atoms. The molecule has 0 N–H and O–H groups in total. The molecule has 2 aromatic rings. The van der Waals surface area contributed by atoms with E-state index >= 15 is 0 Å². The van der Waals surface area contributed by atoms with Gasteiger partial charge in [0.25, 0.3) is 5.91 Å². The lowest BCUT2D eigenvalue weighted by Gasteiger charge is -2.19. The lowest BCUT2D eigenvalue weighted by atomic mass is 10.2. The summed E-state index contributed by atoms with van der Waals surface area (Å²) >= 11 is 0. The highest BCUT2D eigenvalue weighted by Crippen LogP contribution is 2.30. The second-order valence-electron chi connectivity index (χ2n) is 5.59. The maximum absolute atomic E-state index is 12.9. The van der Waals surface area contributed by atoms with Crippen LogP contribution in [0.3, 0.4) is 0 Å².